The van der Waals surface area contributed by atoms with Crippen LogP contribution in [0.1, 0.15) is 32.3 Å². The van der Waals surface area contributed by atoms with E-state index in [0.29, 0.717) is 11.7 Å². The van der Waals surface area contributed by atoms with E-state index >= 15 is 0 Å². The summed E-state index contributed by atoms with van der Waals surface area (Å²) in [7, 11) is 1.65. The Morgan fingerprint density at radius 2 is 1.97 bits per heavy atom. The van der Waals surface area contributed by atoms with E-state index in [1.807, 2.05) is 45.9 Å². The highest BCUT2D eigenvalue weighted by Crippen LogP contribution is 2.37. The molecule has 6 nitrogen and oxygen atoms in total. The monoisotopic (exact) mass is 436 g/mol. The van der Waals surface area contributed by atoms with Gasteiger partial charge in [-0.25, -0.2) is 0 Å². The van der Waals surface area contributed by atoms with Crippen molar-refractivity contribution in [2.45, 2.75) is 44.3 Å². The number of carbonyl (C=O) groups is 1. The molecule has 1 aliphatic rings. The number of hydrogen-bond donors (Lipinski definition) is 0. The summed E-state index contributed by atoms with van der Waals surface area (Å²) in [5.41, 5.74) is 3.18. The molecule has 1 aromatic heterocycles. The molecular weight excluding hydrogens is 408 g/mol. The van der Waals surface area contributed by atoms with Crippen LogP contribution in [-0.4, -0.2) is 39.6 Å². The Morgan fingerprint density at radius 1 is 1.23 bits per heavy atom. The third-order valence-electron chi connectivity index (χ3n) is 5.80. The molecule has 3 aromatic rings. The number of thioether (sulfide) groups is 1. The second-order valence-corrected chi connectivity index (χ2v) is 8.74. The summed E-state index contributed by atoms with van der Waals surface area (Å²) >= 11 is 1.43. The summed E-state index contributed by atoms with van der Waals surface area (Å²) in [6.45, 7) is 4.27. The van der Waals surface area contributed by atoms with Gasteiger partial charge in [-0.15, -0.1) is 10.2 Å². The first kappa shape index (κ1) is 21.4. The van der Waals surface area contributed by atoms with Crippen LogP contribution in [-0.2, 0) is 11.2 Å². The second kappa shape index (κ2) is 9.56. The molecule has 1 fully saturated rings. The maximum Gasteiger partial charge on any atom is 0.237 e. The second-order valence-electron chi connectivity index (χ2n) is 7.79. The van der Waals surface area contributed by atoms with Gasteiger partial charge in [0, 0.05) is 11.7 Å². The van der Waals surface area contributed by atoms with Crippen molar-refractivity contribution in [3.05, 3.63) is 60.4 Å². The van der Waals surface area contributed by atoms with Gasteiger partial charge in [0.15, 0.2) is 5.16 Å². The molecule has 0 aliphatic heterocycles. The molecule has 1 aliphatic carbocycles. The summed E-state index contributed by atoms with van der Waals surface area (Å²) in [6.07, 6.45) is 4.99. The number of para-hydroxylation sites is 1. The highest BCUT2D eigenvalue weighted by molar-refractivity contribution is 7.99. The molecule has 162 valence electrons. The fraction of sp³-hybridized carbons (Fsp3) is 0.375. The third-order valence-corrected chi connectivity index (χ3v) is 6.73. The lowest BCUT2D eigenvalue weighted by Crippen LogP contribution is -2.41. The Morgan fingerprint density at radius 3 is 2.65 bits per heavy atom. The van der Waals surface area contributed by atoms with Crippen molar-refractivity contribution in [1.82, 2.24) is 14.8 Å². The summed E-state index contributed by atoms with van der Waals surface area (Å²) in [4.78, 5) is 15.3. The van der Waals surface area contributed by atoms with Crippen molar-refractivity contribution in [2.75, 3.05) is 17.8 Å². The normalized spacial score (nSPS) is 14.3. The summed E-state index contributed by atoms with van der Waals surface area (Å²) in [5, 5.41) is 9.10. The van der Waals surface area contributed by atoms with Crippen molar-refractivity contribution < 1.29 is 9.53 Å². The van der Waals surface area contributed by atoms with Gasteiger partial charge in [0.1, 0.15) is 12.1 Å². The minimum Gasteiger partial charge on any atom is -0.497 e. The molecule has 0 N–H and O–H groups in total. The standard InChI is InChI=1S/C24H28N4O2S/c1-4-18-7-5-6-8-22(18)27-16-25-26-24(27)31-15-23(29)28(17(2)19-9-10-19)20-11-13-21(30-3)14-12-20/h5-8,11-14,16-17,19H,4,9-10,15H2,1-3H3. The lowest BCUT2D eigenvalue weighted by molar-refractivity contribution is -0.116. The van der Waals surface area contributed by atoms with E-state index < -0.39 is 0 Å². The van der Waals surface area contributed by atoms with Crippen molar-refractivity contribution in [1.29, 1.82) is 0 Å². The SMILES string of the molecule is CCc1ccccc1-n1cnnc1SCC(=O)N(c1ccc(OC)cc1)C(C)C1CC1. The predicted octanol–water partition coefficient (Wildman–Crippen LogP) is 4.76. The molecule has 1 heterocycles. The number of nitrogens with zero attached hydrogens (tertiary/aromatic N) is 4. The van der Waals surface area contributed by atoms with Crippen LogP contribution in [0.3, 0.4) is 0 Å². The Hall–Kier alpha value is -2.80. The molecular formula is C24H28N4O2S. The number of amides is 1. The first-order valence-corrected chi connectivity index (χ1v) is 11.7. The Kier molecular flexibility index (Phi) is 6.61. The zero-order valence-electron chi connectivity index (χ0n) is 18.2. The quantitative estimate of drug-likeness (QED) is 0.453. The van der Waals surface area contributed by atoms with Crippen LogP contribution < -0.4 is 9.64 Å². The van der Waals surface area contributed by atoms with Crippen LogP contribution in [0.25, 0.3) is 5.69 Å². The van der Waals surface area contributed by atoms with E-state index in [1.165, 1.54) is 30.2 Å². The lowest BCUT2D eigenvalue weighted by atomic mass is 10.1. The zero-order valence-corrected chi connectivity index (χ0v) is 19.0. The van der Waals surface area contributed by atoms with Crippen LogP contribution in [0, 0.1) is 5.92 Å². The van der Waals surface area contributed by atoms with Crippen LogP contribution in [0.2, 0.25) is 0 Å². The molecule has 31 heavy (non-hydrogen) atoms. The number of anilines is 1. The van der Waals surface area contributed by atoms with E-state index in [2.05, 4.69) is 36.2 Å². The maximum atomic E-state index is 13.4. The lowest BCUT2D eigenvalue weighted by Gasteiger charge is -2.29. The first-order chi connectivity index (χ1) is 15.1. The molecule has 7 heteroatoms. The van der Waals surface area contributed by atoms with Crippen molar-refractivity contribution >= 4 is 23.4 Å². The molecule has 1 amide bonds. The van der Waals surface area contributed by atoms with Gasteiger partial charge in [0.2, 0.25) is 5.91 Å². The fourth-order valence-electron chi connectivity index (χ4n) is 3.87. The molecule has 0 spiro atoms. The number of aryl methyl sites for hydroxylation is 1. The molecule has 2 aromatic carbocycles. The fourth-order valence-corrected chi connectivity index (χ4v) is 4.65. The van der Waals surface area contributed by atoms with E-state index in [4.69, 9.17) is 4.74 Å². The van der Waals surface area contributed by atoms with E-state index in [1.54, 1.807) is 13.4 Å². The van der Waals surface area contributed by atoms with E-state index in [9.17, 15) is 4.79 Å². The summed E-state index contributed by atoms with van der Waals surface area (Å²) < 4.78 is 7.25. The van der Waals surface area contributed by atoms with Crippen molar-refractivity contribution in [3.63, 3.8) is 0 Å². The molecule has 1 saturated carbocycles. The van der Waals surface area contributed by atoms with E-state index in [-0.39, 0.29) is 11.9 Å². The van der Waals surface area contributed by atoms with Crippen LogP contribution in [0.15, 0.2) is 60.0 Å². The van der Waals surface area contributed by atoms with Gasteiger partial charge in [0.25, 0.3) is 0 Å². The first-order valence-electron chi connectivity index (χ1n) is 10.7. The Labute approximate surface area is 187 Å². The topological polar surface area (TPSA) is 60.2 Å². The Bertz CT molecular complexity index is 1030. The summed E-state index contributed by atoms with van der Waals surface area (Å²) in [5.74, 6) is 1.73. The maximum absolute atomic E-state index is 13.4. The zero-order chi connectivity index (χ0) is 21.8. The number of methoxy groups -OCH3 is 1. The van der Waals surface area contributed by atoms with Gasteiger partial charge in [-0.05, 0) is 68.0 Å². The molecule has 4 rings (SSSR count). The number of rotatable bonds is 9. The van der Waals surface area contributed by atoms with Gasteiger partial charge in [-0.2, -0.15) is 0 Å². The smallest absolute Gasteiger partial charge is 0.237 e. The minimum atomic E-state index is 0.0768. The predicted molar refractivity (Wildman–Crippen MR) is 124 cm³/mol. The molecule has 1 unspecified atom stereocenters. The summed E-state index contributed by atoms with van der Waals surface area (Å²) in [6, 6.07) is 16.1. The molecule has 0 bridgehead atoms. The van der Waals surface area contributed by atoms with Crippen molar-refractivity contribution in [3.8, 4) is 11.4 Å². The largest absolute Gasteiger partial charge is 0.497 e. The van der Waals surface area contributed by atoms with Crippen LogP contribution in [0.5, 0.6) is 5.75 Å². The number of carbonyl (C=O) groups excluding carboxylic acids is 1. The van der Waals surface area contributed by atoms with E-state index in [0.717, 1.165) is 28.7 Å². The van der Waals surface area contributed by atoms with Gasteiger partial charge >= 0.3 is 0 Å². The molecule has 0 radical (unpaired) electrons. The minimum absolute atomic E-state index is 0.0768. The van der Waals surface area contributed by atoms with Crippen molar-refractivity contribution in [2.24, 2.45) is 5.92 Å². The number of benzene rings is 2. The number of hydrogen-bond acceptors (Lipinski definition) is 5. The third kappa shape index (κ3) is 4.77. The Balaban J connectivity index is 1.53. The molecule has 1 atom stereocenters. The van der Waals surface area contributed by atoms with Gasteiger partial charge < -0.3 is 9.64 Å². The van der Waals surface area contributed by atoms with Crippen LogP contribution in [0.4, 0.5) is 5.69 Å². The number of ether oxygens (including phenoxy) is 1. The van der Waals surface area contributed by atoms with Crippen LogP contribution >= 0.6 is 11.8 Å². The van der Waals surface area contributed by atoms with Gasteiger partial charge in [0.05, 0.1) is 18.6 Å². The average molecular weight is 437 g/mol. The van der Waals surface area contributed by atoms with Gasteiger partial charge in [-0.1, -0.05) is 36.9 Å². The highest BCUT2D eigenvalue weighted by atomic mass is 32.2. The molecule has 0 saturated heterocycles. The number of aromatic nitrogens is 3. The average Bonchev–Trinajstić information content (AvgIpc) is 3.56. The highest BCUT2D eigenvalue weighted by Gasteiger charge is 2.35. The van der Waals surface area contributed by atoms with Gasteiger partial charge in [-0.3, -0.25) is 9.36 Å².